The standard InChI is InChI=1S/C12H12ClN3OS/c1-8-15-11(7-18-8)6-16(2)12(17)9-3-10(13)5-14-4-9/h3-5,7H,6H2,1-2H3. The molecule has 2 heterocycles. The van der Waals surface area contributed by atoms with Gasteiger partial charge in [0.1, 0.15) is 0 Å². The molecular weight excluding hydrogens is 270 g/mol. The molecule has 18 heavy (non-hydrogen) atoms. The summed E-state index contributed by atoms with van der Waals surface area (Å²) in [6.07, 6.45) is 3.01. The Morgan fingerprint density at radius 3 is 2.89 bits per heavy atom. The summed E-state index contributed by atoms with van der Waals surface area (Å²) in [4.78, 5) is 21.9. The second-order valence-electron chi connectivity index (χ2n) is 3.91. The molecule has 6 heteroatoms. The lowest BCUT2D eigenvalue weighted by molar-refractivity contribution is 0.0783. The number of hydrogen-bond donors (Lipinski definition) is 0. The van der Waals surface area contributed by atoms with Crippen LogP contribution in [0.25, 0.3) is 0 Å². The van der Waals surface area contributed by atoms with Crippen LogP contribution in [0, 0.1) is 6.92 Å². The molecule has 0 spiro atoms. The molecule has 0 aliphatic carbocycles. The van der Waals surface area contributed by atoms with E-state index in [1.807, 2.05) is 12.3 Å². The molecule has 1 amide bonds. The number of amides is 1. The van der Waals surface area contributed by atoms with E-state index < -0.39 is 0 Å². The van der Waals surface area contributed by atoms with E-state index in [2.05, 4.69) is 9.97 Å². The van der Waals surface area contributed by atoms with Crippen LogP contribution in [0.15, 0.2) is 23.8 Å². The van der Waals surface area contributed by atoms with Crippen LogP contribution in [-0.4, -0.2) is 27.8 Å². The van der Waals surface area contributed by atoms with Crippen molar-refractivity contribution < 1.29 is 4.79 Å². The van der Waals surface area contributed by atoms with Gasteiger partial charge in [0.2, 0.25) is 0 Å². The van der Waals surface area contributed by atoms with Crippen LogP contribution in [0.5, 0.6) is 0 Å². The number of aromatic nitrogens is 2. The Kier molecular flexibility index (Phi) is 3.93. The Hall–Kier alpha value is -1.46. The van der Waals surface area contributed by atoms with Crippen LogP contribution in [0.4, 0.5) is 0 Å². The minimum absolute atomic E-state index is 0.115. The molecule has 0 N–H and O–H groups in total. The van der Waals surface area contributed by atoms with Gasteiger partial charge in [-0.3, -0.25) is 9.78 Å². The number of hydrogen-bond acceptors (Lipinski definition) is 4. The van der Waals surface area contributed by atoms with Crippen molar-refractivity contribution in [2.24, 2.45) is 0 Å². The highest BCUT2D eigenvalue weighted by molar-refractivity contribution is 7.09. The van der Waals surface area contributed by atoms with Crippen molar-refractivity contribution in [2.45, 2.75) is 13.5 Å². The fraction of sp³-hybridized carbons (Fsp3) is 0.250. The van der Waals surface area contributed by atoms with Gasteiger partial charge >= 0.3 is 0 Å². The van der Waals surface area contributed by atoms with E-state index in [4.69, 9.17) is 11.6 Å². The molecular formula is C12H12ClN3OS. The number of pyridine rings is 1. The fourth-order valence-corrected chi connectivity index (χ4v) is 2.32. The molecule has 0 aliphatic rings. The summed E-state index contributed by atoms with van der Waals surface area (Å²) >= 11 is 7.39. The Morgan fingerprint density at radius 1 is 1.50 bits per heavy atom. The molecule has 0 saturated carbocycles. The Balaban J connectivity index is 2.09. The zero-order chi connectivity index (χ0) is 13.1. The van der Waals surface area contributed by atoms with Crippen molar-refractivity contribution in [3.8, 4) is 0 Å². The van der Waals surface area contributed by atoms with Gasteiger partial charge in [-0.2, -0.15) is 0 Å². The molecule has 94 valence electrons. The molecule has 0 bridgehead atoms. The third-order valence-electron chi connectivity index (χ3n) is 2.36. The molecule has 0 radical (unpaired) electrons. The highest BCUT2D eigenvalue weighted by Crippen LogP contribution is 2.13. The third kappa shape index (κ3) is 3.05. The van der Waals surface area contributed by atoms with E-state index in [1.165, 1.54) is 12.4 Å². The zero-order valence-corrected chi connectivity index (χ0v) is 11.6. The van der Waals surface area contributed by atoms with Crippen molar-refractivity contribution >= 4 is 28.8 Å². The molecule has 2 aromatic rings. The fourth-order valence-electron chi connectivity index (χ4n) is 1.54. The van der Waals surface area contributed by atoms with Crippen LogP contribution in [0.3, 0.4) is 0 Å². The van der Waals surface area contributed by atoms with E-state index in [-0.39, 0.29) is 5.91 Å². The Labute approximate surface area is 114 Å². The van der Waals surface area contributed by atoms with Crippen LogP contribution >= 0.6 is 22.9 Å². The minimum atomic E-state index is -0.115. The first-order chi connectivity index (χ1) is 8.56. The predicted octanol–water partition coefficient (Wildman–Crippen LogP) is 2.77. The number of halogens is 1. The molecule has 4 nitrogen and oxygen atoms in total. The van der Waals surface area contributed by atoms with Crippen molar-refractivity contribution in [3.63, 3.8) is 0 Å². The van der Waals surface area contributed by atoms with Crippen molar-refractivity contribution in [3.05, 3.63) is 45.1 Å². The van der Waals surface area contributed by atoms with Gasteiger partial charge in [-0.15, -0.1) is 11.3 Å². The van der Waals surface area contributed by atoms with Crippen molar-refractivity contribution in [1.82, 2.24) is 14.9 Å². The molecule has 0 saturated heterocycles. The summed E-state index contributed by atoms with van der Waals surface area (Å²) in [5.74, 6) is -0.115. The second kappa shape index (κ2) is 5.46. The normalized spacial score (nSPS) is 10.4. The van der Waals surface area contributed by atoms with Crippen LogP contribution in [0.1, 0.15) is 21.1 Å². The van der Waals surface area contributed by atoms with Gasteiger partial charge in [0.25, 0.3) is 5.91 Å². The number of rotatable bonds is 3. The summed E-state index contributed by atoms with van der Waals surface area (Å²) in [7, 11) is 1.73. The van der Waals surface area contributed by atoms with Gasteiger partial charge in [0.05, 0.1) is 27.8 Å². The maximum Gasteiger partial charge on any atom is 0.255 e. The van der Waals surface area contributed by atoms with E-state index in [1.54, 1.807) is 29.4 Å². The average molecular weight is 282 g/mol. The first kappa shape index (κ1) is 13.0. The van der Waals surface area contributed by atoms with Gasteiger partial charge in [-0.05, 0) is 13.0 Å². The topological polar surface area (TPSA) is 46.1 Å². The lowest BCUT2D eigenvalue weighted by Crippen LogP contribution is -2.26. The highest BCUT2D eigenvalue weighted by atomic mass is 35.5. The van der Waals surface area contributed by atoms with Gasteiger partial charge in [-0.25, -0.2) is 4.98 Å². The Bertz CT molecular complexity index is 570. The number of carbonyl (C=O) groups excluding carboxylic acids is 1. The minimum Gasteiger partial charge on any atom is -0.336 e. The third-order valence-corrected chi connectivity index (χ3v) is 3.39. The average Bonchev–Trinajstić information content (AvgIpc) is 2.73. The summed E-state index contributed by atoms with van der Waals surface area (Å²) in [6.45, 7) is 2.42. The lowest BCUT2D eigenvalue weighted by Gasteiger charge is -2.15. The van der Waals surface area contributed by atoms with E-state index in [9.17, 15) is 4.79 Å². The number of thiazole rings is 1. The van der Waals surface area contributed by atoms with Crippen LogP contribution in [0.2, 0.25) is 5.02 Å². The summed E-state index contributed by atoms with van der Waals surface area (Å²) in [5.41, 5.74) is 1.38. The van der Waals surface area contributed by atoms with Crippen molar-refractivity contribution in [1.29, 1.82) is 0 Å². The van der Waals surface area contributed by atoms with Gasteiger partial charge in [0, 0.05) is 24.8 Å². The monoisotopic (exact) mass is 281 g/mol. The molecule has 2 rings (SSSR count). The molecule has 0 unspecified atom stereocenters. The van der Waals surface area contributed by atoms with Gasteiger partial charge < -0.3 is 4.90 Å². The molecule has 0 fully saturated rings. The maximum atomic E-state index is 12.1. The summed E-state index contributed by atoms with van der Waals surface area (Å²) in [5, 5.41) is 3.41. The lowest BCUT2D eigenvalue weighted by atomic mass is 10.2. The van der Waals surface area contributed by atoms with Gasteiger partial charge in [-0.1, -0.05) is 11.6 Å². The summed E-state index contributed by atoms with van der Waals surface area (Å²) in [6, 6.07) is 1.61. The maximum absolute atomic E-state index is 12.1. The first-order valence-electron chi connectivity index (χ1n) is 5.33. The smallest absolute Gasteiger partial charge is 0.255 e. The van der Waals surface area contributed by atoms with Gasteiger partial charge in [0.15, 0.2) is 0 Å². The Morgan fingerprint density at radius 2 is 2.28 bits per heavy atom. The van der Waals surface area contributed by atoms with Crippen LogP contribution in [-0.2, 0) is 6.54 Å². The zero-order valence-electron chi connectivity index (χ0n) is 10.1. The van der Waals surface area contributed by atoms with E-state index in [0.717, 1.165) is 10.7 Å². The predicted molar refractivity (Wildman–Crippen MR) is 71.9 cm³/mol. The largest absolute Gasteiger partial charge is 0.336 e. The van der Waals surface area contributed by atoms with Crippen molar-refractivity contribution in [2.75, 3.05) is 7.05 Å². The highest BCUT2D eigenvalue weighted by Gasteiger charge is 2.13. The van der Waals surface area contributed by atoms with Crippen LogP contribution < -0.4 is 0 Å². The molecule has 0 aromatic carbocycles. The first-order valence-corrected chi connectivity index (χ1v) is 6.59. The number of nitrogens with zero attached hydrogens (tertiary/aromatic N) is 3. The SMILES string of the molecule is Cc1nc(CN(C)C(=O)c2cncc(Cl)c2)cs1. The molecule has 2 aromatic heterocycles. The quantitative estimate of drug-likeness (QED) is 0.869. The molecule has 0 aliphatic heterocycles. The molecule has 0 atom stereocenters. The van der Waals surface area contributed by atoms with E-state index >= 15 is 0 Å². The number of aryl methyl sites for hydroxylation is 1. The second-order valence-corrected chi connectivity index (χ2v) is 5.41. The summed E-state index contributed by atoms with van der Waals surface area (Å²) < 4.78 is 0. The van der Waals surface area contributed by atoms with E-state index in [0.29, 0.717) is 17.1 Å². The number of carbonyl (C=O) groups is 1.